The van der Waals surface area contributed by atoms with Gasteiger partial charge in [0.25, 0.3) is 0 Å². The highest BCUT2D eigenvalue weighted by atomic mass is 32.2. The summed E-state index contributed by atoms with van der Waals surface area (Å²) in [6.07, 6.45) is 8.08. The molecule has 764 valence electrons. The Morgan fingerprint density at radius 3 is 1.16 bits per heavy atom. The molecule has 134 heavy (non-hydrogen) atoms. The van der Waals surface area contributed by atoms with Crippen molar-refractivity contribution in [2.75, 3.05) is 64.3 Å². The van der Waals surface area contributed by atoms with Crippen LogP contribution in [0.25, 0.3) is 6.08 Å². The van der Waals surface area contributed by atoms with Gasteiger partial charge in [0.2, 0.25) is 16.6 Å². The summed E-state index contributed by atoms with van der Waals surface area (Å²) in [5.74, 6) is 10.8. The molecule has 0 saturated heterocycles. The second-order valence-corrected chi connectivity index (χ2v) is 28.6. The Morgan fingerprint density at radius 2 is 0.657 bits per heavy atom. The van der Waals surface area contributed by atoms with Crippen molar-refractivity contribution in [1.29, 1.82) is 0 Å². The summed E-state index contributed by atoms with van der Waals surface area (Å²) in [7, 11) is -4.08. The molecular formula is C116H192O15S3. The lowest BCUT2D eigenvalue weighted by Crippen LogP contribution is -2.20. The standard InChI is InChI=1S/C10H10O2.C10H12O.C10H10O.C9H10O2.C9H10O.C8H8O3S.C8H8O2S.C8H8O2.C8H8OS.18C2H6/c1-7-2-3-10-8(4-7)5-9(11)6-12-10;2*1-8-4-5-10-9(7-8)3-2-6-11-10;1-7-2-3-8-9(6-7)11-5-4-10-8;1-7-2-3-9-8(6-7)4-5-10-9;1-6-2-3-7-8(4-6)12(9,10)5-11-7;1-6-2-3-7-8(4-6)11(9)5-10-7;2*1-6-2-3-7-8(4-6)10-5-9-7;18*1-2/h2-4H,5-6H2,1H3;4-5,7H,2-3,6H2,1H3;2-5,7H,6H2,1H3;2-3,6H,4-5H2,1H3;2-3,6H,4-5H2,1H3;2-4H,5H2,1H3;2-4H,5H2,1H3;2*2-4H,5H2,1H3;18*1-2H3. The van der Waals surface area contributed by atoms with Gasteiger partial charge in [-0.1, -0.05) is 362 Å². The van der Waals surface area contributed by atoms with E-state index in [-0.39, 0.29) is 18.3 Å². The first-order valence-corrected chi connectivity index (χ1v) is 54.5. The zero-order valence-electron chi connectivity index (χ0n) is 93.0. The normalized spacial score (nSPS) is 12.3. The largest absolute Gasteiger partial charge is 0.493 e. The van der Waals surface area contributed by atoms with Crippen LogP contribution in [0.15, 0.2) is 185 Å². The molecule has 0 amide bonds. The van der Waals surface area contributed by atoms with Crippen molar-refractivity contribution in [3.05, 3.63) is 242 Å². The predicted molar refractivity (Wildman–Crippen MR) is 590 cm³/mol. The number of fused-ring (bicyclic) bond motifs is 9. The molecule has 18 rings (SSSR count). The van der Waals surface area contributed by atoms with Crippen molar-refractivity contribution in [2.24, 2.45) is 0 Å². The number of Topliss-reactive ketones (excluding diaryl/α,β-unsaturated/α-hetero) is 1. The number of carbonyl (C=O) groups excluding carboxylic acids is 1. The Balaban J connectivity index is -0.000000180. The molecule has 9 aromatic rings. The van der Waals surface area contributed by atoms with E-state index in [1.54, 1.807) is 23.9 Å². The van der Waals surface area contributed by atoms with Crippen molar-refractivity contribution in [2.45, 2.75) is 352 Å². The van der Waals surface area contributed by atoms with Crippen molar-refractivity contribution >= 4 is 44.3 Å². The quantitative estimate of drug-likeness (QED) is 0.140. The fourth-order valence-electron chi connectivity index (χ4n) is 10.9. The Labute approximate surface area is 829 Å². The van der Waals surface area contributed by atoms with Gasteiger partial charge in [-0.15, -0.1) is 0 Å². The maximum Gasteiger partial charge on any atom is 0.231 e. The number of aryl methyl sites for hydroxylation is 10. The average Bonchev–Trinajstić information content (AvgIpc) is 1.64. The summed E-state index contributed by atoms with van der Waals surface area (Å²) >= 11 is 1.76. The number of rotatable bonds is 0. The van der Waals surface area contributed by atoms with Crippen molar-refractivity contribution in [1.82, 2.24) is 0 Å². The molecule has 0 fully saturated rings. The molecule has 9 heterocycles. The van der Waals surface area contributed by atoms with Crippen LogP contribution in [0.5, 0.6) is 63.2 Å². The third-order valence-electron chi connectivity index (χ3n) is 15.9. The van der Waals surface area contributed by atoms with Gasteiger partial charge in [0.05, 0.1) is 33.8 Å². The number of hydrogen-bond donors (Lipinski definition) is 0. The van der Waals surface area contributed by atoms with E-state index in [0.29, 0.717) is 49.6 Å². The van der Waals surface area contributed by atoms with Crippen LogP contribution in [-0.2, 0) is 44.7 Å². The summed E-state index contributed by atoms with van der Waals surface area (Å²) in [5, 5.41) is 0. The molecule has 0 spiro atoms. The molecule has 0 saturated carbocycles. The SMILES string of the molecule is CC.CC.CC.CC.CC.CC.CC.CC.CC.CC.CC.CC.CC.CC.CC.CC.CC.CC.Cc1ccc2c(c1)C=CCO2.Cc1ccc2c(c1)CC(=O)CO2.Cc1ccc2c(c1)CCCO2.Cc1ccc2c(c1)CCO2.Cc1ccc2c(c1)OCCO2.Cc1ccc2c(c1)OCO2.Cc1ccc2c(c1)S(=O)(=O)CO2.Cc1ccc2c(c1)S(=O)CO2.Cc1ccc2c(c1)SCO2. The molecule has 0 aromatic heterocycles. The summed E-state index contributed by atoms with van der Waals surface area (Å²) in [6.45, 7) is 94.7. The molecule has 0 radical (unpaired) electrons. The molecule has 0 aliphatic carbocycles. The van der Waals surface area contributed by atoms with E-state index in [0.717, 1.165) is 111 Å². The highest BCUT2D eigenvalue weighted by molar-refractivity contribution is 7.99. The zero-order chi connectivity index (χ0) is 105. The number of thioether (sulfide) groups is 1. The van der Waals surface area contributed by atoms with Crippen LogP contribution >= 0.6 is 11.8 Å². The molecule has 1 atom stereocenters. The molecule has 9 aliphatic rings. The Hall–Kier alpha value is -9.36. The zero-order valence-corrected chi connectivity index (χ0v) is 95.4. The molecule has 0 bridgehead atoms. The molecule has 0 N–H and O–H groups in total. The lowest BCUT2D eigenvalue weighted by Gasteiger charge is -2.18. The highest BCUT2D eigenvalue weighted by Gasteiger charge is 2.28. The van der Waals surface area contributed by atoms with Gasteiger partial charge in [0.1, 0.15) is 77.5 Å². The summed E-state index contributed by atoms with van der Waals surface area (Å²) in [5.41, 5.74) is 15.8. The van der Waals surface area contributed by atoms with Crippen molar-refractivity contribution in [3.8, 4) is 63.2 Å². The summed E-state index contributed by atoms with van der Waals surface area (Å²) in [4.78, 5) is 13.4. The molecule has 9 aliphatic heterocycles. The minimum absolute atomic E-state index is 0.160. The first kappa shape index (κ1) is 142. The van der Waals surface area contributed by atoms with E-state index in [9.17, 15) is 17.4 Å². The van der Waals surface area contributed by atoms with Crippen LogP contribution in [0.2, 0.25) is 0 Å². The van der Waals surface area contributed by atoms with E-state index in [1.165, 1.54) is 67.0 Å². The van der Waals surface area contributed by atoms with E-state index >= 15 is 0 Å². The van der Waals surface area contributed by atoms with Gasteiger partial charge < -0.3 is 52.1 Å². The van der Waals surface area contributed by atoms with Crippen LogP contribution in [0, 0.1) is 62.3 Å². The number of ether oxygens (including phenoxy) is 11. The number of carbonyl (C=O) groups is 1. The van der Waals surface area contributed by atoms with Gasteiger partial charge in [0, 0.05) is 24.0 Å². The van der Waals surface area contributed by atoms with Gasteiger partial charge in [-0.2, -0.15) is 0 Å². The first-order valence-electron chi connectivity index (χ1n) is 50.5. The Bertz CT molecular complexity index is 4260. The van der Waals surface area contributed by atoms with Crippen LogP contribution < -0.4 is 52.1 Å². The minimum atomic E-state index is -3.15. The lowest BCUT2D eigenvalue weighted by atomic mass is 10.0. The fraction of sp³-hybridized carbons (Fsp3) is 0.509. The Morgan fingerprint density at radius 1 is 0.299 bits per heavy atom. The number of sulfone groups is 1. The van der Waals surface area contributed by atoms with E-state index < -0.39 is 20.6 Å². The molecule has 18 heteroatoms. The Kier molecular flexibility index (Phi) is 103. The lowest BCUT2D eigenvalue weighted by molar-refractivity contribution is -0.121. The van der Waals surface area contributed by atoms with Crippen molar-refractivity contribution < 1.29 is 69.5 Å². The second-order valence-electron chi connectivity index (χ2n) is 24.4. The predicted octanol–water partition coefficient (Wildman–Crippen LogP) is 35.1. The molecular weight excluding hydrogens is 1730 g/mol. The van der Waals surface area contributed by atoms with Gasteiger partial charge in [-0.25, -0.2) is 8.42 Å². The topological polar surface area (TPSA) is 170 Å². The van der Waals surface area contributed by atoms with Crippen molar-refractivity contribution in [3.63, 3.8) is 0 Å². The summed E-state index contributed by atoms with van der Waals surface area (Å²) in [6, 6.07) is 53.9. The van der Waals surface area contributed by atoms with Gasteiger partial charge in [-0.05, 0) is 211 Å². The second kappa shape index (κ2) is 96.7. The highest BCUT2D eigenvalue weighted by Crippen LogP contribution is 2.38. The number of ketones is 1. The van der Waals surface area contributed by atoms with Gasteiger partial charge >= 0.3 is 0 Å². The van der Waals surface area contributed by atoms with Crippen LogP contribution in [-0.4, -0.2) is 82.7 Å². The fourth-order valence-corrected chi connectivity index (χ4v) is 14.0. The van der Waals surface area contributed by atoms with E-state index in [1.807, 2.05) is 381 Å². The molecule has 9 aromatic carbocycles. The monoisotopic (exact) mass is 1920 g/mol. The van der Waals surface area contributed by atoms with E-state index in [2.05, 4.69) is 94.4 Å². The van der Waals surface area contributed by atoms with Gasteiger partial charge in [0.15, 0.2) is 40.7 Å². The van der Waals surface area contributed by atoms with Gasteiger partial charge in [-0.3, -0.25) is 9.00 Å². The molecule has 15 nitrogen and oxygen atoms in total. The number of hydrogen-bond acceptors (Lipinski definition) is 16. The van der Waals surface area contributed by atoms with Crippen LogP contribution in [0.3, 0.4) is 0 Å². The van der Waals surface area contributed by atoms with Crippen LogP contribution in [0.1, 0.15) is 328 Å². The minimum Gasteiger partial charge on any atom is -0.493 e. The number of benzene rings is 9. The third kappa shape index (κ3) is 58.2. The molecule has 1 unspecified atom stereocenters. The first-order chi connectivity index (χ1) is 65.3. The maximum atomic E-state index is 11.3. The van der Waals surface area contributed by atoms with Crippen LogP contribution in [0.4, 0.5) is 0 Å². The van der Waals surface area contributed by atoms with E-state index in [4.69, 9.17) is 52.1 Å². The summed E-state index contributed by atoms with van der Waals surface area (Å²) < 4.78 is 91.7. The average molecular weight is 1920 g/mol. The maximum absolute atomic E-state index is 11.3. The third-order valence-corrected chi connectivity index (χ3v) is 19.3. The smallest absolute Gasteiger partial charge is 0.231 e.